The molecule has 3 rings (SSSR count). The van der Waals surface area contributed by atoms with E-state index in [-0.39, 0.29) is 25.1 Å². The smallest absolute Gasteiger partial charge is 0.380 e. The van der Waals surface area contributed by atoms with Crippen molar-refractivity contribution < 1.29 is 18.6 Å². The molecule has 162 valence electrons. The van der Waals surface area contributed by atoms with E-state index in [1.165, 1.54) is 29.8 Å². The Morgan fingerprint density at radius 2 is 2.17 bits per heavy atom. The van der Waals surface area contributed by atoms with Crippen molar-refractivity contribution in [2.45, 2.75) is 19.6 Å². The number of thiophene rings is 1. The maximum absolute atomic E-state index is 12.2. The SMILES string of the molecule is COC[C@@H](C)Nc1cc(COCNc2nnc(-c3sccc3Cl)s2)oc(=O)c1OC. The Morgan fingerprint density at radius 3 is 2.87 bits per heavy atom. The van der Waals surface area contributed by atoms with Gasteiger partial charge in [-0.25, -0.2) is 4.79 Å². The van der Waals surface area contributed by atoms with Crippen molar-refractivity contribution in [2.75, 3.05) is 38.2 Å². The second kappa shape index (κ2) is 10.7. The highest BCUT2D eigenvalue weighted by molar-refractivity contribution is 7.23. The highest BCUT2D eigenvalue weighted by Crippen LogP contribution is 2.36. The summed E-state index contributed by atoms with van der Waals surface area (Å²) < 4.78 is 21.1. The summed E-state index contributed by atoms with van der Waals surface area (Å²) in [4.78, 5) is 13.0. The maximum Gasteiger partial charge on any atom is 0.380 e. The molecule has 0 unspecified atom stereocenters. The molecule has 0 saturated heterocycles. The van der Waals surface area contributed by atoms with Crippen molar-refractivity contribution >= 4 is 45.1 Å². The van der Waals surface area contributed by atoms with Crippen LogP contribution in [0, 0.1) is 0 Å². The molecule has 0 amide bonds. The summed E-state index contributed by atoms with van der Waals surface area (Å²) in [5.41, 5.74) is -0.0632. The van der Waals surface area contributed by atoms with Crippen LogP contribution in [0.15, 0.2) is 26.7 Å². The van der Waals surface area contributed by atoms with Gasteiger partial charge in [-0.15, -0.1) is 21.5 Å². The average Bonchev–Trinajstić information content (AvgIpc) is 3.34. The lowest BCUT2D eigenvalue weighted by molar-refractivity contribution is 0.119. The molecule has 3 aromatic rings. The van der Waals surface area contributed by atoms with Gasteiger partial charge < -0.3 is 29.3 Å². The van der Waals surface area contributed by atoms with E-state index >= 15 is 0 Å². The summed E-state index contributed by atoms with van der Waals surface area (Å²) in [6.07, 6.45) is 0. The van der Waals surface area contributed by atoms with E-state index in [0.717, 1.165) is 9.88 Å². The van der Waals surface area contributed by atoms with Gasteiger partial charge in [0.05, 0.1) is 29.3 Å². The highest BCUT2D eigenvalue weighted by atomic mass is 35.5. The second-order valence-electron chi connectivity index (χ2n) is 6.13. The Labute approximate surface area is 185 Å². The summed E-state index contributed by atoms with van der Waals surface area (Å²) >= 11 is 9.00. The quantitative estimate of drug-likeness (QED) is 0.317. The summed E-state index contributed by atoms with van der Waals surface area (Å²) in [5, 5.41) is 18.3. The van der Waals surface area contributed by atoms with Crippen LogP contribution in [0.4, 0.5) is 10.8 Å². The molecule has 30 heavy (non-hydrogen) atoms. The van der Waals surface area contributed by atoms with Gasteiger partial charge in [-0.2, -0.15) is 0 Å². The van der Waals surface area contributed by atoms with Gasteiger partial charge in [0.1, 0.15) is 19.1 Å². The van der Waals surface area contributed by atoms with Crippen LogP contribution in [-0.4, -0.2) is 43.8 Å². The lowest BCUT2D eigenvalue weighted by atomic mass is 10.3. The van der Waals surface area contributed by atoms with Crippen LogP contribution in [0.2, 0.25) is 5.02 Å². The first-order chi connectivity index (χ1) is 14.5. The minimum atomic E-state index is -0.583. The topological polar surface area (TPSA) is 108 Å². The fourth-order valence-corrected chi connectivity index (χ4v) is 4.59. The Kier molecular flexibility index (Phi) is 8.05. The molecule has 1 atom stereocenters. The molecular formula is C18H21ClN4O5S2. The molecule has 0 aliphatic carbocycles. The number of hydrogen-bond donors (Lipinski definition) is 2. The monoisotopic (exact) mass is 472 g/mol. The van der Waals surface area contributed by atoms with Gasteiger partial charge in [0, 0.05) is 19.2 Å². The molecule has 0 aliphatic rings. The second-order valence-corrected chi connectivity index (χ2v) is 8.43. The van der Waals surface area contributed by atoms with Crippen LogP contribution < -0.4 is 21.0 Å². The van der Waals surface area contributed by atoms with Crippen LogP contribution in [0.3, 0.4) is 0 Å². The third-order valence-electron chi connectivity index (χ3n) is 3.79. The first kappa shape index (κ1) is 22.5. The Hall–Kier alpha value is -2.18. The van der Waals surface area contributed by atoms with Gasteiger partial charge in [-0.1, -0.05) is 22.9 Å². The predicted molar refractivity (Wildman–Crippen MR) is 118 cm³/mol. The standard InChI is InChI=1S/C18H21ClN4O5S2/c1-10(7-25-2)21-13-6-11(28-17(24)14(13)26-3)8-27-9-20-18-23-22-16(30-18)15-12(19)4-5-29-15/h4-6,10,21H,7-9H2,1-3H3,(H,20,23)/t10-/m1/s1. The van der Waals surface area contributed by atoms with Gasteiger partial charge in [0.15, 0.2) is 5.01 Å². The van der Waals surface area contributed by atoms with Crippen LogP contribution in [-0.2, 0) is 16.1 Å². The normalized spacial score (nSPS) is 12.0. The van der Waals surface area contributed by atoms with E-state index in [2.05, 4.69) is 20.8 Å². The molecule has 0 aliphatic heterocycles. The molecular weight excluding hydrogens is 452 g/mol. The van der Waals surface area contributed by atoms with Crippen molar-refractivity contribution in [2.24, 2.45) is 0 Å². The van der Waals surface area contributed by atoms with Gasteiger partial charge in [-0.3, -0.25) is 0 Å². The number of hydrogen-bond acceptors (Lipinski definition) is 11. The molecule has 0 bridgehead atoms. The Balaban J connectivity index is 1.57. The fraction of sp³-hybridized carbons (Fsp3) is 0.389. The summed E-state index contributed by atoms with van der Waals surface area (Å²) in [6.45, 7) is 2.64. The molecule has 0 fully saturated rings. The molecule has 0 radical (unpaired) electrons. The zero-order valence-electron chi connectivity index (χ0n) is 16.6. The van der Waals surface area contributed by atoms with Crippen molar-refractivity contribution in [3.63, 3.8) is 0 Å². The Bertz CT molecular complexity index is 1020. The van der Waals surface area contributed by atoms with E-state index in [9.17, 15) is 4.79 Å². The third kappa shape index (κ3) is 5.70. The van der Waals surface area contributed by atoms with Gasteiger partial charge in [0.2, 0.25) is 10.9 Å². The first-order valence-corrected chi connectivity index (χ1v) is 10.9. The van der Waals surface area contributed by atoms with E-state index in [4.69, 9.17) is 30.2 Å². The number of aromatic nitrogens is 2. The van der Waals surface area contributed by atoms with Crippen molar-refractivity contribution in [3.05, 3.63) is 38.7 Å². The van der Waals surface area contributed by atoms with Gasteiger partial charge in [-0.05, 0) is 18.4 Å². The largest absolute Gasteiger partial charge is 0.488 e. The fourth-order valence-electron chi connectivity index (χ4n) is 2.56. The van der Waals surface area contributed by atoms with Crippen molar-refractivity contribution in [3.8, 4) is 15.6 Å². The lowest BCUT2D eigenvalue weighted by Gasteiger charge is -2.16. The van der Waals surface area contributed by atoms with Crippen LogP contribution in [0.25, 0.3) is 9.88 Å². The minimum absolute atomic E-state index is 0.0235. The van der Waals surface area contributed by atoms with Crippen LogP contribution >= 0.6 is 34.3 Å². The summed E-state index contributed by atoms with van der Waals surface area (Å²) in [5.74, 6) is 0.464. The zero-order chi connectivity index (χ0) is 21.5. The van der Waals surface area contributed by atoms with Crippen molar-refractivity contribution in [1.29, 1.82) is 0 Å². The molecule has 0 spiro atoms. The number of rotatable bonds is 11. The van der Waals surface area contributed by atoms with E-state index in [0.29, 0.717) is 28.2 Å². The number of anilines is 2. The van der Waals surface area contributed by atoms with E-state index in [1.807, 2.05) is 18.4 Å². The first-order valence-electron chi connectivity index (χ1n) is 8.86. The third-order valence-corrected chi connectivity index (χ3v) is 6.16. The predicted octanol–water partition coefficient (Wildman–Crippen LogP) is 3.91. The van der Waals surface area contributed by atoms with Gasteiger partial charge >= 0.3 is 5.63 Å². The lowest BCUT2D eigenvalue weighted by Crippen LogP contribution is -2.23. The Morgan fingerprint density at radius 1 is 1.33 bits per heavy atom. The molecule has 2 N–H and O–H groups in total. The van der Waals surface area contributed by atoms with E-state index in [1.54, 1.807) is 13.2 Å². The maximum atomic E-state index is 12.2. The van der Waals surface area contributed by atoms with Gasteiger partial charge in [0.25, 0.3) is 0 Å². The van der Waals surface area contributed by atoms with E-state index < -0.39 is 5.63 Å². The average molecular weight is 473 g/mol. The van der Waals surface area contributed by atoms with Crippen LogP contribution in [0.1, 0.15) is 12.7 Å². The molecule has 12 heteroatoms. The molecule has 3 aromatic heterocycles. The highest BCUT2D eigenvalue weighted by Gasteiger charge is 2.15. The van der Waals surface area contributed by atoms with Crippen LogP contribution in [0.5, 0.6) is 5.75 Å². The van der Waals surface area contributed by atoms with Crippen molar-refractivity contribution in [1.82, 2.24) is 10.2 Å². The number of ether oxygens (including phenoxy) is 3. The molecule has 3 heterocycles. The zero-order valence-corrected chi connectivity index (χ0v) is 18.9. The number of nitrogens with zero attached hydrogens (tertiary/aromatic N) is 2. The minimum Gasteiger partial charge on any atom is -0.488 e. The molecule has 9 nitrogen and oxygen atoms in total. The number of nitrogens with one attached hydrogen (secondary N) is 2. The number of methoxy groups -OCH3 is 2. The number of halogens is 1. The summed E-state index contributed by atoms with van der Waals surface area (Å²) in [7, 11) is 3.02. The molecule has 0 aromatic carbocycles. The molecule has 0 saturated carbocycles. The summed E-state index contributed by atoms with van der Waals surface area (Å²) in [6, 6.07) is 3.47.